The Balaban J connectivity index is 2.56. The Labute approximate surface area is 93.2 Å². The molecule has 2 heterocycles. The molecule has 0 atom stereocenters. The Morgan fingerprint density at radius 2 is 2.25 bits per heavy atom. The number of nitrogens with one attached hydrogen (secondary N) is 1. The zero-order valence-electron chi connectivity index (χ0n) is 9.61. The van der Waals surface area contributed by atoms with Crippen LogP contribution in [0.4, 0.5) is 0 Å². The van der Waals surface area contributed by atoms with Crippen LogP contribution >= 0.6 is 0 Å². The predicted octanol–water partition coefficient (Wildman–Crippen LogP) is 1.04. The predicted molar refractivity (Wildman–Crippen MR) is 61.2 cm³/mol. The molecule has 0 radical (unpaired) electrons. The zero-order valence-corrected chi connectivity index (χ0v) is 9.61. The summed E-state index contributed by atoms with van der Waals surface area (Å²) in [6.45, 7) is 3.80. The van der Waals surface area contributed by atoms with Crippen molar-refractivity contribution in [2.24, 2.45) is 7.05 Å². The van der Waals surface area contributed by atoms with Crippen molar-refractivity contribution < 1.29 is 0 Å². The first-order chi connectivity index (χ1) is 7.61. The van der Waals surface area contributed by atoms with E-state index in [0.717, 1.165) is 16.8 Å². The number of aromatic amines is 1. The average Bonchev–Trinajstić information content (AvgIpc) is 2.64. The van der Waals surface area contributed by atoms with Crippen molar-refractivity contribution in [3.05, 3.63) is 34.0 Å². The third kappa shape index (κ3) is 1.76. The number of nitrogens with zero attached hydrogens (tertiary/aromatic N) is 3. The number of aromatic nitrogens is 4. The molecular weight excluding hydrogens is 204 g/mol. The van der Waals surface area contributed by atoms with Gasteiger partial charge in [0.1, 0.15) is 5.82 Å². The lowest BCUT2D eigenvalue weighted by atomic mass is 10.2. The van der Waals surface area contributed by atoms with Crippen molar-refractivity contribution in [3.63, 3.8) is 0 Å². The Bertz CT molecular complexity index is 568. The highest BCUT2D eigenvalue weighted by Crippen LogP contribution is 2.12. The number of aryl methyl sites for hydroxylation is 2. The SMILES string of the molecule is CCc1c(C)nc(-c2cnn(C)c2)[nH]c1=O. The molecule has 0 aliphatic carbocycles. The Kier molecular flexibility index (Phi) is 2.60. The minimum Gasteiger partial charge on any atom is -0.306 e. The lowest BCUT2D eigenvalue weighted by molar-refractivity contribution is 0.768. The standard InChI is InChI=1S/C11H14N4O/c1-4-9-7(2)13-10(14-11(9)16)8-5-12-15(3)6-8/h5-6H,4H2,1-3H3,(H,13,14,16). The van der Waals surface area contributed by atoms with E-state index in [1.54, 1.807) is 10.9 Å². The van der Waals surface area contributed by atoms with Gasteiger partial charge in [0.15, 0.2) is 0 Å². The van der Waals surface area contributed by atoms with Crippen LogP contribution in [0.2, 0.25) is 0 Å². The Hall–Kier alpha value is -1.91. The molecule has 5 nitrogen and oxygen atoms in total. The summed E-state index contributed by atoms with van der Waals surface area (Å²) in [6.07, 6.45) is 4.20. The maximum atomic E-state index is 11.7. The van der Waals surface area contributed by atoms with E-state index in [4.69, 9.17) is 0 Å². The van der Waals surface area contributed by atoms with Crippen molar-refractivity contribution in [2.45, 2.75) is 20.3 Å². The van der Waals surface area contributed by atoms with E-state index in [-0.39, 0.29) is 5.56 Å². The number of hydrogen-bond acceptors (Lipinski definition) is 3. The van der Waals surface area contributed by atoms with E-state index in [9.17, 15) is 4.79 Å². The summed E-state index contributed by atoms with van der Waals surface area (Å²) in [5, 5.41) is 4.05. The minimum absolute atomic E-state index is 0.0612. The molecule has 1 N–H and O–H groups in total. The van der Waals surface area contributed by atoms with Crippen LogP contribution in [-0.4, -0.2) is 19.7 Å². The van der Waals surface area contributed by atoms with E-state index in [1.807, 2.05) is 27.1 Å². The molecule has 16 heavy (non-hydrogen) atoms. The summed E-state index contributed by atoms with van der Waals surface area (Å²) in [7, 11) is 1.83. The highest BCUT2D eigenvalue weighted by atomic mass is 16.1. The molecule has 0 spiro atoms. The third-order valence-corrected chi connectivity index (χ3v) is 2.55. The summed E-state index contributed by atoms with van der Waals surface area (Å²) < 4.78 is 1.68. The van der Waals surface area contributed by atoms with Gasteiger partial charge in [-0.15, -0.1) is 0 Å². The fourth-order valence-corrected chi connectivity index (χ4v) is 1.71. The molecule has 5 heteroatoms. The normalized spacial score (nSPS) is 10.7. The monoisotopic (exact) mass is 218 g/mol. The molecule has 84 valence electrons. The van der Waals surface area contributed by atoms with Gasteiger partial charge >= 0.3 is 0 Å². The first-order valence-corrected chi connectivity index (χ1v) is 5.20. The van der Waals surface area contributed by atoms with Crippen LogP contribution in [0.1, 0.15) is 18.2 Å². The quantitative estimate of drug-likeness (QED) is 0.819. The fraction of sp³-hybridized carbons (Fsp3) is 0.364. The number of rotatable bonds is 2. The van der Waals surface area contributed by atoms with Gasteiger partial charge in [0, 0.05) is 24.5 Å². The second-order valence-electron chi connectivity index (χ2n) is 3.73. The highest BCUT2D eigenvalue weighted by molar-refractivity contribution is 5.52. The van der Waals surface area contributed by atoms with Crippen molar-refractivity contribution in [3.8, 4) is 11.4 Å². The largest absolute Gasteiger partial charge is 0.306 e. The van der Waals surface area contributed by atoms with E-state index in [1.165, 1.54) is 0 Å². The van der Waals surface area contributed by atoms with Crippen LogP contribution in [0.5, 0.6) is 0 Å². The second-order valence-corrected chi connectivity index (χ2v) is 3.73. The van der Waals surface area contributed by atoms with Crippen LogP contribution in [0, 0.1) is 6.92 Å². The Morgan fingerprint density at radius 3 is 2.75 bits per heavy atom. The van der Waals surface area contributed by atoms with E-state index in [0.29, 0.717) is 12.2 Å². The van der Waals surface area contributed by atoms with E-state index >= 15 is 0 Å². The van der Waals surface area contributed by atoms with Crippen LogP contribution in [0.15, 0.2) is 17.2 Å². The fourth-order valence-electron chi connectivity index (χ4n) is 1.71. The minimum atomic E-state index is -0.0612. The van der Waals surface area contributed by atoms with Crippen LogP contribution in [0.25, 0.3) is 11.4 Å². The molecule has 0 unspecified atom stereocenters. The summed E-state index contributed by atoms with van der Waals surface area (Å²) in [5.74, 6) is 0.577. The van der Waals surface area contributed by atoms with Gasteiger partial charge in [-0.05, 0) is 13.3 Å². The van der Waals surface area contributed by atoms with Crippen LogP contribution in [0.3, 0.4) is 0 Å². The molecule has 0 fully saturated rings. The summed E-state index contributed by atoms with van der Waals surface area (Å²) >= 11 is 0. The van der Waals surface area contributed by atoms with Gasteiger partial charge < -0.3 is 4.98 Å². The molecule has 0 saturated heterocycles. The molecular formula is C11H14N4O. The summed E-state index contributed by atoms with van der Waals surface area (Å²) in [4.78, 5) is 18.9. The molecule has 2 rings (SSSR count). The van der Waals surface area contributed by atoms with Gasteiger partial charge in [-0.1, -0.05) is 6.92 Å². The molecule has 0 saturated carbocycles. The van der Waals surface area contributed by atoms with Gasteiger partial charge in [-0.3, -0.25) is 9.48 Å². The summed E-state index contributed by atoms with van der Waals surface area (Å²) in [6, 6.07) is 0. The molecule has 2 aromatic rings. The van der Waals surface area contributed by atoms with Crippen LogP contribution in [-0.2, 0) is 13.5 Å². The molecule has 2 aromatic heterocycles. The van der Waals surface area contributed by atoms with Crippen molar-refractivity contribution in [1.82, 2.24) is 19.7 Å². The van der Waals surface area contributed by atoms with Crippen molar-refractivity contribution >= 4 is 0 Å². The lowest BCUT2D eigenvalue weighted by Crippen LogP contribution is -2.16. The maximum Gasteiger partial charge on any atom is 0.254 e. The smallest absolute Gasteiger partial charge is 0.254 e. The van der Waals surface area contributed by atoms with Gasteiger partial charge in [-0.2, -0.15) is 5.10 Å². The first-order valence-electron chi connectivity index (χ1n) is 5.20. The molecule has 0 aliphatic rings. The van der Waals surface area contributed by atoms with Crippen LogP contribution < -0.4 is 5.56 Å². The third-order valence-electron chi connectivity index (χ3n) is 2.55. The molecule has 0 aliphatic heterocycles. The Morgan fingerprint density at radius 1 is 1.50 bits per heavy atom. The molecule has 0 bridgehead atoms. The van der Waals surface area contributed by atoms with Gasteiger partial charge in [0.2, 0.25) is 0 Å². The van der Waals surface area contributed by atoms with Gasteiger partial charge in [0.05, 0.1) is 11.8 Å². The first kappa shape index (κ1) is 10.6. The van der Waals surface area contributed by atoms with Gasteiger partial charge in [-0.25, -0.2) is 4.98 Å². The van der Waals surface area contributed by atoms with Crippen molar-refractivity contribution in [2.75, 3.05) is 0 Å². The average molecular weight is 218 g/mol. The van der Waals surface area contributed by atoms with Gasteiger partial charge in [0.25, 0.3) is 5.56 Å². The lowest BCUT2D eigenvalue weighted by Gasteiger charge is -2.03. The summed E-state index contributed by atoms with van der Waals surface area (Å²) in [5.41, 5.74) is 2.29. The molecule has 0 amide bonds. The van der Waals surface area contributed by atoms with E-state index in [2.05, 4.69) is 15.1 Å². The van der Waals surface area contributed by atoms with Crippen molar-refractivity contribution in [1.29, 1.82) is 0 Å². The topological polar surface area (TPSA) is 63.6 Å². The van der Waals surface area contributed by atoms with E-state index < -0.39 is 0 Å². The number of H-pyrrole nitrogens is 1. The maximum absolute atomic E-state index is 11.7. The highest BCUT2D eigenvalue weighted by Gasteiger charge is 2.08. The number of hydrogen-bond donors (Lipinski definition) is 1. The zero-order chi connectivity index (χ0) is 11.7. The molecule has 0 aromatic carbocycles. The second kappa shape index (κ2) is 3.92.